The van der Waals surface area contributed by atoms with Gasteiger partial charge in [-0.1, -0.05) is 41.9 Å². The van der Waals surface area contributed by atoms with E-state index in [2.05, 4.69) is 0 Å². The normalized spacial score (nSPS) is 14.9. The van der Waals surface area contributed by atoms with Crippen LogP contribution in [0.4, 0.5) is 8.78 Å². The maximum Gasteiger partial charge on any atom is 0.335 e. The second-order valence-electron chi connectivity index (χ2n) is 10.3. The molecule has 1 fully saturated rings. The van der Waals surface area contributed by atoms with Gasteiger partial charge in [-0.15, -0.1) is 0 Å². The number of hydrogen-bond acceptors (Lipinski definition) is 4. The summed E-state index contributed by atoms with van der Waals surface area (Å²) in [5.74, 6) is -0.682. The summed E-state index contributed by atoms with van der Waals surface area (Å²) in [6.45, 7) is 1.23. The zero-order valence-corrected chi connectivity index (χ0v) is 23.3. The first-order chi connectivity index (χ1) is 20.3. The average Bonchev–Trinajstić information content (AvgIpc) is 3.61. The number of nitrogens with zero attached hydrogens (tertiary/aromatic N) is 2. The monoisotopic (exact) mass is 588 g/mol. The largest absolute Gasteiger partial charge is 0.489 e. The highest BCUT2D eigenvalue weighted by Gasteiger charge is 2.21. The minimum atomic E-state index is -1.02. The van der Waals surface area contributed by atoms with Gasteiger partial charge in [0.2, 0.25) is 0 Å². The maximum atomic E-state index is 15.5. The molecule has 0 spiro atoms. The number of aromatic nitrogens is 2. The molecule has 1 atom stereocenters. The van der Waals surface area contributed by atoms with Gasteiger partial charge in [0.05, 0.1) is 29.2 Å². The lowest BCUT2D eigenvalue weighted by molar-refractivity contribution is 0.0697. The first kappa shape index (κ1) is 27.9. The van der Waals surface area contributed by atoms with Crippen LogP contribution in [0.15, 0.2) is 78.9 Å². The first-order valence-electron chi connectivity index (χ1n) is 13.6. The molecule has 1 unspecified atom stereocenters. The minimum absolute atomic E-state index is 0.00691. The van der Waals surface area contributed by atoms with Crippen molar-refractivity contribution in [1.29, 1.82) is 0 Å². The Kier molecular flexibility index (Phi) is 7.91. The van der Waals surface area contributed by atoms with Crippen LogP contribution >= 0.6 is 11.6 Å². The Hall–Kier alpha value is -4.27. The van der Waals surface area contributed by atoms with Crippen molar-refractivity contribution in [3.63, 3.8) is 0 Å². The molecule has 9 heteroatoms. The van der Waals surface area contributed by atoms with E-state index in [1.54, 1.807) is 48.5 Å². The summed E-state index contributed by atoms with van der Waals surface area (Å²) in [6, 6.07) is 21.5. The molecule has 1 aliphatic rings. The predicted octanol–water partition coefficient (Wildman–Crippen LogP) is 7.68. The molecule has 0 amide bonds. The smallest absolute Gasteiger partial charge is 0.335 e. The van der Waals surface area contributed by atoms with Gasteiger partial charge in [0.15, 0.2) is 0 Å². The van der Waals surface area contributed by atoms with Crippen molar-refractivity contribution in [1.82, 2.24) is 9.55 Å². The SMILES string of the molecule is O=C(O)c1ccc2nc(Cc3ccc(-c4cccc(OCc5ccc(Cl)cc5F)c4)cc3F)n(CC3CCCO3)c2c1. The van der Waals surface area contributed by atoms with Gasteiger partial charge in [-0.3, -0.25) is 0 Å². The fraction of sp³-hybridized carbons (Fsp3) is 0.212. The summed E-state index contributed by atoms with van der Waals surface area (Å²) >= 11 is 5.83. The fourth-order valence-corrected chi connectivity index (χ4v) is 5.40. The van der Waals surface area contributed by atoms with E-state index in [1.165, 1.54) is 18.2 Å². The van der Waals surface area contributed by atoms with E-state index < -0.39 is 11.8 Å². The topological polar surface area (TPSA) is 73.6 Å². The van der Waals surface area contributed by atoms with Crippen LogP contribution in [-0.2, 0) is 24.3 Å². The lowest BCUT2D eigenvalue weighted by atomic mass is 10.0. The Morgan fingerprint density at radius 1 is 1.00 bits per heavy atom. The number of fused-ring (bicyclic) bond motifs is 1. The van der Waals surface area contributed by atoms with E-state index in [-0.39, 0.29) is 30.5 Å². The third-order valence-electron chi connectivity index (χ3n) is 7.46. The Morgan fingerprint density at radius 2 is 1.81 bits per heavy atom. The zero-order chi connectivity index (χ0) is 29.2. The number of carbonyl (C=O) groups is 1. The van der Waals surface area contributed by atoms with Crippen LogP contribution in [0.3, 0.4) is 0 Å². The van der Waals surface area contributed by atoms with Gasteiger partial charge in [-0.05, 0) is 78.1 Å². The number of benzene rings is 4. The predicted molar refractivity (Wildman–Crippen MR) is 156 cm³/mol. The molecule has 42 heavy (non-hydrogen) atoms. The van der Waals surface area contributed by atoms with Gasteiger partial charge in [0, 0.05) is 23.6 Å². The van der Waals surface area contributed by atoms with E-state index >= 15 is 4.39 Å². The molecule has 0 bridgehead atoms. The molecule has 214 valence electrons. The van der Waals surface area contributed by atoms with Crippen LogP contribution in [0.2, 0.25) is 5.02 Å². The van der Waals surface area contributed by atoms with Gasteiger partial charge in [0.1, 0.15) is 29.8 Å². The summed E-state index contributed by atoms with van der Waals surface area (Å²) in [5.41, 5.74) is 3.77. The highest BCUT2D eigenvalue weighted by atomic mass is 35.5. The quantitative estimate of drug-likeness (QED) is 0.191. The summed E-state index contributed by atoms with van der Waals surface area (Å²) in [5, 5.41) is 9.82. The summed E-state index contributed by atoms with van der Waals surface area (Å²) < 4.78 is 43.2. The molecule has 1 N–H and O–H groups in total. The number of carboxylic acids is 1. The average molecular weight is 589 g/mol. The summed E-state index contributed by atoms with van der Waals surface area (Å²) in [6.07, 6.45) is 2.09. The number of imidazole rings is 1. The van der Waals surface area contributed by atoms with Crippen molar-refractivity contribution in [2.75, 3.05) is 6.61 Å². The molecule has 0 saturated carbocycles. The van der Waals surface area contributed by atoms with Gasteiger partial charge in [-0.25, -0.2) is 18.6 Å². The Balaban J connectivity index is 1.24. The van der Waals surface area contributed by atoms with Crippen molar-refractivity contribution < 1.29 is 28.2 Å². The molecule has 2 heterocycles. The lowest BCUT2D eigenvalue weighted by Crippen LogP contribution is -2.17. The molecule has 1 saturated heterocycles. The van der Waals surface area contributed by atoms with Gasteiger partial charge in [0.25, 0.3) is 0 Å². The van der Waals surface area contributed by atoms with Crippen molar-refractivity contribution >= 4 is 28.6 Å². The molecule has 6 nitrogen and oxygen atoms in total. The van der Waals surface area contributed by atoms with Gasteiger partial charge >= 0.3 is 5.97 Å². The number of aromatic carboxylic acids is 1. The van der Waals surface area contributed by atoms with Crippen molar-refractivity contribution in [3.8, 4) is 16.9 Å². The van der Waals surface area contributed by atoms with Crippen molar-refractivity contribution in [3.05, 3.63) is 118 Å². The molecule has 6 rings (SSSR count). The highest BCUT2D eigenvalue weighted by Crippen LogP contribution is 2.29. The van der Waals surface area contributed by atoms with Crippen LogP contribution in [0.25, 0.3) is 22.2 Å². The molecular formula is C33H27ClF2N2O4. The lowest BCUT2D eigenvalue weighted by Gasteiger charge is -2.15. The molecule has 0 radical (unpaired) electrons. The molecule has 1 aromatic heterocycles. The van der Waals surface area contributed by atoms with Crippen LogP contribution < -0.4 is 4.74 Å². The van der Waals surface area contributed by atoms with Gasteiger partial charge < -0.3 is 19.1 Å². The number of ether oxygens (including phenoxy) is 2. The highest BCUT2D eigenvalue weighted by molar-refractivity contribution is 6.30. The molecular weight excluding hydrogens is 562 g/mol. The van der Waals surface area contributed by atoms with E-state index in [1.807, 2.05) is 16.7 Å². The first-order valence-corrected chi connectivity index (χ1v) is 14.0. The van der Waals surface area contributed by atoms with E-state index in [0.29, 0.717) is 57.5 Å². The molecule has 1 aliphatic heterocycles. The number of hydrogen-bond donors (Lipinski definition) is 1. The van der Waals surface area contributed by atoms with Crippen molar-refractivity contribution in [2.45, 2.75) is 38.5 Å². The third-order valence-corrected chi connectivity index (χ3v) is 7.70. The van der Waals surface area contributed by atoms with Crippen LogP contribution in [0, 0.1) is 11.6 Å². The van der Waals surface area contributed by atoms with Gasteiger partial charge in [-0.2, -0.15) is 0 Å². The molecule has 4 aromatic carbocycles. The number of halogens is 3. The Labute approximate surface area is 246 Å². The van der Waals surface area contributed by atoms with E-state index in [9.17, 15) is 14.3 Å². The fourth-order valence-electron chi connectivity index (χ4n) is 5.24. The molecule has 0 aliphatic carbocycles. The van der Waals surface area contributed by atoms with Crippen LogP contribution in [0.5, 0.6) is 5.75 Å². The second kappa shape index (κ2) is 11.9. The second-order valence-corrected chi connectivity index (χ2v) is 10.8. The third kappa shape index (κ3) is 6.00. The van der Waals surface area contributed by atoms with Crippen LogP contribution in [-0.4, -0.2) is 33.3 Å². The summed E-state index contributed by atoms with van der Waals surface area (Å²) in [4.78, 5) is 16.3. The van der Waals surface area contributed by atoms with E-state index in [4.69, 9.17) is 26.1 Å². The minimum Gasteiger partial charge on any atom is -0.489 e. The molecule has 5 aromatic rings. The van der Waals surface area contributed by atoms with Crippen molar-refractivity contribution in [2.24, 2.45) is 0 Å². The summed E-state index contributed by atoms with van der Waals surface area (Å²) in [7, 11) is 0. The number of carboxylic acid groups (broad SMARTS) is 1. The van der Waals surface area contributed by atoms with Crippen LogP contribution in [0.1, 0.15) is 40.2 Å². The Bertz CT molecular complexity index is 1780. The standard InChI is InChI=1S/C33H27ClF2N2O4/c34-25-10-8-24(29(36)17-25)19-42-26-4-1-3-20(13-26)21-6-7-22(28(35)14-21)16-32-37-30-11-9-23(33(39)40)15-31(30)38(32)18-27-5-2-12-41-27/h1,3-4,6-11,13-15,17,27H,2,5,12,16,18-19H2,(H,39,40). The number of rotatable bonds is 9. The Morgan fingerprint density at radius 3 is 2.57 bits per heavy atom. The maximum absolute atomic E-state index is 15.5. The zero-order valence-electron chi connectivity index (χ0n) is 22.5. The van der Waals surface area contributed by atoms with E-state index in [0.717, 1.165) is 18.4 Å².